The number of hydrogen-bond acceptors (Lipinski definition) is 5. The molecule has 0 radical (unpaired) electrons. The first-order valence-electron chi connectivity index (χ1n) is 8.88. The second-order valence-corrected chi connectivity index (χ2v) is 6.75. The minimum absolute atomic E-state index is 0.245. The number of nitrogens with zero attached hydrogens (tertiary/aromatic N) is 2. The third-order valence-electron chi connectivity index (χ3n) is 4.36. The lowest BCUT2D eigenvalue weighted by Gasteiger charge is -2.17. The van der Waals surface area contributed by atoms with E-state index >= 15 is 0 Å². The summed E-state index contributed by atoms with van der Waals surface area (Å²) in [6.45, 7) is 0. The molecule has 0 bridgehead atoms. The number of halogens is 2. The predicted molar refractivity (Wildman–Crippen MR) is 110 cm³/mol. The van der Waals surface area contributed by atoms with Gasteiger partial charge in [-0.1, -0.05) is 29.8 Å². The number of anilines is 1. The first-order valence-corrected chi connectivity index (χ1v) is 9.25. The molecule has 29 heavy (non-hydrogen) atoms. The molecule has 1 N–H and O–H groups in total. The third kappa shape index (κ3) is 4.38. The Balaban J connectivity index is 1.69. The summed E-state index contributed by atoms with van der Waals surface area (Å²) < 4.78 is 24.6. The summed E-state index contributed by atoms with van der Waals surface area (Å²) in [5.41, 5.74) is 2.25. The highest BCUT2D eigenvalue weighted by Gasteiger charge is 2.22. The van der Waals surface area contributed by atoms with Crippen LogP contribution in [0.15, 0.2) is 77.2 Å². The van der Waals surface area contributed by atoms with Gasteiger partial charge >= 0.3 is 0 Å². The fraction of sp³-hybridized carbons (Fsp3) is 0.0909. The zero-order chi connectivity index (χ0) is 20.2. The van der Waals surface area contributed by atoms with Crippen LogP contribution in [0, 0.1) is 5.82 Å². The predicted octanol–water partition coefficient (Wildman–Crippen LogP) is 5.74. The van der Waals surface area contributed by atoms with Gasteiger partial charge in [0.2, 0.25) is 11.8 Å². The summed E-state index contributed by atoms with van der Waals surface area (Å²) in [7, 11) is 1.62. The number of benzene rings is 3. The summed E-state index contributed by atoms with van der Waals surface area (Å²) >= 11 is 6.03. The van der Waals surface area contributed by atoms with Crippen molar-refractivity contribution < 1.29 is 13.5 Å². The van der Waals surface area contributed by atoms with Crippen LogP contribution in [0.4, 0.5) is 10.1 Å². The number of aromatic nitrogens is 2. The first kappa shape index (κ1) is 19.0. The van der Waals surface area contributed by atoms with E-state index in [1.165, 1.54) is 12.1 Å². The summed E-state index contributed by atoms with van der Waals surface area (Å²) in [5.74, 6) is 0.982. The van der Waals surface area contributed by atoms with Crippen LogP contribution in [-0.2, 0) is 0 Å². The molecule has 0 saturated carbocycles. The third-order valence-corrected chi connectivity index (χ3v) is 4.62. The van der Waals surface area contributed by atoms with Crippen LogP contribution in [0.2, 0.25) is 5.02 Å². The van der Waals surface area contributed by atoms with Crippen molar-refractivity contribution in [2.24, 2.45) is 0 Å². The fourth-order valence-electron chi connectivity index (χ4n) is 2.89. The Labute approximate surface area is 172 Å². The normalized spacial score (nSPS) is 11.8. The zero-order valence-corrected chi connectivity index (χ0v) is 16.2. The minimum Gasteiger partial charge on any atom is -0.497 e. The van der Waals surface area contributed by atoms with Crippen molar-refractivity contribution in [3.8, 4) is 17.2 Å². The number of nitrogens with one attached hydrogen (secondary N) is 1. The number of methoxy groups -OCH3 is 1. The van der Waals surface area contributed by atoms with Gasteiger partial charge in [-0.25, -0.2) is 4.39 Å². The average Bonchev–Trinajstić information content (AvgIpc) is 3.23. The SMILES string of the molecule is COc1ccc(N[C@@H](c2ccc(Cl)cc2)c2nnc(-c3cccc(F)c3)o2)cc1. The van der Waals surface area contributed by atoms with Gasteiger partial charge in [0.15, 0.2) is 0 Å². The molecule has 5 nitrogen and oxygen atoms in total. The van der Waals surface area contributed by atoms with Crippen molar-refractivity contribution in [3.05, 3.63) is 95.1 Å². The lowest BCUT2D eigenvalue weighted by molar-refractivity contribution is 0.415. The van der Waals surface area contributed by atoms with E-state index in [1.807, 2.05) is 36.4 Å². The van der Waals surface area contributed by atoms with Gasteiger partial charge < -0.3 is 14.5 Å². The van der Waals surface area contributed by atoms with E-state index in [0.717, 1.165) is 17.0 Å². The van der Waals surface area contributed by atoms with Crippen molar-refractivity contribution >= 4 is 17.3 Å². The smallest absolute Gasteiger partial charge is 0.247 e. The second kappa shape index (κ2) is 8.32. The van der Waals surface area contributed by atoms with Crippen LogP contribution < -0.4 is 10.1 Å². The van der Waals surface area contributed by atoms with Crippen molar-refractivity contribution in [3.63, 3.8) is 0 Å². The van der Waals surface area contributed by atoms with Gasteiger partial charge in [0.05, 0.1) is 7.11 Å². The highest BCUT2D eigenvalue weighted by atomic mass is 35.5. The Morgan fingerprint density at radius 3 is 2.45 bits per heavy atom. The molecule has 3 aromatic carbocycles. The monoisotopic (exact) mass is 409 g/mol. The van der Waals surface area contributed by atoms with E-state index < -0.39 is 6.04 Å². The van der Waals surface area contributed by atoms with E-state index in [4.69, 9.17) is 20.8 Å². The van der Waals surface area contributed by atoms with Gasteiger partial charge in [-0.05, 0) is 60.2 Å². The quantitative estimate of drug-likeness (QED) is 0.440. The maximum Gasteiger partial charge on any atom is 0.247 e. The molecule has 0 aliphatic rings. The van der Waals surface area contributed by atoms with Crippen molar-refractivity contribution in [2.45, 2.75) is 6.04 Å². The Kier molecular flexibility index (Phi) is 5.44. The summed E-state index contributed by atoms with van der Waals surface area (Å²) in [4.78, 5) is 0. The van der Waals surface area contributed by atoms with Gasteiger partial charge in [-0.3, -0.25) is 0 Å². The molecule has 0 aliphatic carbocycles. The van der Waals surface area contributed by atoms with E-state index in [1.54, 1.807) is 31.4 Å². The Morgan fingerprint density at radius 1 is 1.00 bits per heavy atom. The molecule has 0 aliphatic heterocycles. The van der Waals surface area contributed by atoms with Gasteiger partial charge in [-0.15, -0.1) is 10.2 Å². The molecular weight excluding hydrogens is 393 g/mol. The lowest BCUT2D eigenvalue weighted by Crippen LogP contribution is -2.12. The molecule has 4 rings (SSSR count). The molecule has 1 aromatic heterocycles. The van der Waals surface area contributed by atoms with E-state index in [-0.39, 0.29) is 11.7 Å². The molecule has 0 fully saturated rings. The molecule has 1 atom stereocenters. The highest BCUT2D eigenvalue weighted by molar-refractivity contribution is 6.30. The summed E-state index contributed by atoms with van der Waals surface area (Å²) in [5, 5.41) is 12.3. The summed E-state index contributed by atoms with van der Waals surface area (Å²) in [6, 6.07) is 20.5. The fourth-order valence-corrected chi connectivity index (χ4v) is 3.01. The Bertz CT molecular complexity index is 1100. The maximum absolute atomic E-state index is 13.5. The van der Waals surface area contributed by atoms with Gasteiger partial charge in [0, 0.05) is 16.3 Å². The topological polar surface area (TPSA) is 60.2 Å². The van der Waals surface area contributed by atoms with Gasteiger partial charge in [-0.2, -0.15) is 0 Å². The average molecular weight is 410 g/mol. The minimum atomic E-state index is -0.421. The molecule has 0 amide bonds. The zero-order valence-electron chi connectivity index (χ0n) is 15.5. The Hall–Kier alpha value is -3.38. The van der Waals surface area contributed by atoms with Crippen LogP contribution in [-0.4, -0.2) is 17.3 Å². The van der Waals surface area contributed by atoms with Crippen LogP contribution >= 0.6 is 11.6 Å². The maximum atomic E-state index is 13.5. The molecule has 0 saturated heterocycles. The lowest BCUT2D eigenvalue weighted by atomic mass is 10.1. The molecule has 7 heteroatoms. The molecule has 1 heterocycles. The number of rotatable bonds is 6. The van der Waals surface area contributed by atoms with E-state index in [9.17, 15) is 4.39 Å². The van der Waals surface area contributed by atoms with E-state index in [2.05, 4.69) is 15.5 Å². The molecule has 0 spiro atoms. The second-order valence-electron chi connectivity index (χ2n) is 6.31. The first-order chi connectivity index (χ1) is 14.1. The van der Waals surface area contributed by atoms with Crippen LogP contribution in [0.3, 0.4) is 0 Å². The Morgan fingerprint density at radius 2 is 1.76 bits per heavy atom. The standard InChI is InChI=1S/C22H17ClFN3O2/c1-28-19-11-9-18(10-12-19)25-20(14-5-7-16(23)8-6-14)22-27-26-21(29-22)15-3-2-4-17(24)13-15/h2-13,20,25H,1H3/t20-/m0/s1. The van der Waals surface area contributed by atoms with Crippen molar-refractivity contribution in [1.29, 1.82) is 0 Å². The largest absolute Gasteiger partial charge is 0.497 e. The van der Waals surface area contributed by atoms with Gasteiger partial charge in [0.25, 0.3) is 0 Å². The van der Waals surface area contributed by atoms with Crippen LogP contribution in [0.1, 0.15) is 17.5 Å². The molecule has 0 unspecified atom stereocenters. The van der Waals surface area contributed by atoms with Crippen molar-refractivity contribution in [2.75, 3.05) is 12.4 Å². The highest BCUT2D eigenvalue weighted by Crippen LogP contribution is 2.30. The van der Waals surface area contributed by atoms with E-state index in [0.29, 0.717) is 16.5 Å². The summed E-state index contributed by atoms with van der Waals surface area (Å²) in [6.07, 6.45) is 0. The van der Waals surface area contributed by atoms with Crippen molar-refractivity contribution in [1.82, 2.24) is 10.2 Å². The molecule has 146 valence electrons. The van der Waals surface area contributed by atoms with Crippen LogP contribution in [0.25, 0.3) is 11.5 Å². The van der Waals surface area contributed by atoms with Gasteiger partial charge in [0.1, 0.15) is 17.6 Å². The number of hydrogen-bond donors (Lipinski definition) is 1. The number of ether oxygens (including phenoxy) is 1. The van der Waals surface area contributed by atoms with Crippen LogP contribution in [0.5, 0.6) is 5.75 Å². The molecular formula is C22H17ClFN3O2. The molecule has 4 aromatic rings.